The van der Waals surface area contributed by atoms with Gasteiger partial charge in [-0.25, -0.2) is 9.78 Å². The SMILES string of the molecule is C[C@H](OC(=O)c1cccc[n+]1[O-])/C(O)=C(\C#N)c1nc2ccccc2[nH]1. The van der Waals surface area contributed by atoms with Crippen molar-refractivity contribution in [2.24, 2.45) is 0 Å². The Morgan fingerprint density at radius 3 is 2.77 bits per heavy atom. The molecule has 3 aromatic rings. The molecule has 0 fully saturated rings. The monoisotopic (exact) mass is 350 g/mol. The van der Waals surface area contributed by atoms with Gasteiger partial charge in [-0.2, -0.15) is 9.99 Å². The molecule has 0 saturated heterocycles. The van der Waals surface area contributed by atoms with Crippen molar-refractivity contribution in [2.75, 3.05) is 0 Å². The molecule has 3 rings (SSSR count). The van der Waals surface area contributed by atoms with Crippen molar-refractivity contribution in [3.8, 4) is 6.07 Å². The van der Waals surface area contributed by atoms with Crippen molar-refractivity contribution in [1.82, 2.24) is 9.97 Å². The van der Waals surface area contributed by atoms with Crippen LogP contribution in [0.1, 0.15) is 23.2 Å². The number of aromatic amines is 1. The van der Waals surface area contributed by atoms with Crippen LogP contribution in [-0.2, 0) is 4.74 Å². The number of imidazole rings is 1. The maximum atomic E-state index is 12.1. The molecule has 2 heterocycles. The van der Waals surface area contributed by atoms with Crippen molar-refractivity contribution in [2.45, 2.75) is 13.0 Å². The smallest absolute Gasteiger partial charge is 0.405 e. The first kappa shape index (κ1) is 17.0. The number of nitriles is 1. The molecule has 130 valence electrons. The van der Waals surface area contributed by atoms with Crippen LogP contribution < -0.4 is 4.73 Å². The minimum atomic E-state index is -1.15. The number of ether oxygens (including phenoxy) is 1. The van der Waals surface area contributed by atoms with Crippen LogP contribution in [0.15, 0.2) is 54.4 Å². The summed E-state index contributed by atoms with van der Waals surface area (Å²) in [6, 6.07) is 13.3. The first-order valence-corrected chi connectivity index (χ1v) is 7.68. The number of hydrogen-bond acceptors (Lipinski definition) is 6. The number of carbonyl (C=O) groups is 1. The van der Waals surface area contributed by atoms with E-state index in [0.29, 0.717) is 15.8 Å². The Labute approximate surface area is 148 Å². The minimum Gasteiger partial charge on any atom is -0.618 e. The van der Waals surface area contributed by atoms with E-state index in [0.717, 1.165) is 6.20 Å². The molecule has 0 aliphatic rings. The predicted octanol–water partition coefficient (Wildman–Crippen LogP) is 2.23. The summed E-state index contributed by atoms with van der Waals surface area (Å²) in [6.07, 6.45) is 0.0112. The Kier molecular flexibility index (Phi) is 4.53. The van der Waals surface area contributed by atoms with Crippen molar-refractivity contribution in [3.05, 3.63) is 71.1 Å². The number of fused-ring (bicyclic) bond motifs is 1. The molecule has 0 amide bonds. The standard InChI is InChI=1S/C18H14N4O4/c1-11(26-18(24)15-8-4-5-9-22(15)25)16(23)12(10-19)17-20-13-6-2-3-7-14(13)21-17/h2-9,11,23H,1H3,(H,20,21)/b16-12-/t11-/m0/s1. The largest absolute Gasteiger partial charge is 0.618 e. The Bertz CT molecular complexity index is 1020. The summed E-state index contributed by atoms with van der Waals surface area (Å²) in [5.74, 6) is -1.22. The lowest BCUT2D eigenvalue weighted by atomic mass is 10.1. The van der Waals surface area contributed by atoms with Gasteiger partial charge in [0.05, 0.1) is 11.0 Å². The van der Waals surface area contributed by atoms with E-state index in [9.17, 15) is 20.4 Å². The van der Waals surface area contributed by atoms with Gasteiger partial charge < -0.3 is 20.0 Å². The minimum absolute atomic E-state index is 0.149. The molecule has 0 aliphatic heterocycles. The second kappa shape index (κ2) is 6.94. The summed E-state index contributed by atoms with van der Waals surface area (Å²) in [5, 5.41) is 31.3. The molecule has 2 aromatic heterocycles. The van der Waals surface area contributed by atoms with E-state index in [1.807, 2.05) is 12.1 Å². The maximum Gasteiger partial charge on any atom is 0.405 e. The topological polar surface area (TPSA) is 126 Å². The highest BCUT2D eigenvalue weighted by atomic mass is 16.6. The summed E-state index contributed by atoms with van der Waals surface area (Å²) in [4.78, 5) is 19.3. The Balaban J connectivity index is 1.89. The molecular weight excluding hydrogens is 336 g/mol. The zero-order valence-corrected chi connectivity index (χ0v) is 13.7. The number of aliphatic hydroxyl groups is 1. The second-order valence-corrected chi connectivity index (χ2v) is 5.43. The van der Waals surface area contributed by atoms with E-state index in [1.54, 1.807) is 18.2 Å². The lowest BCUT2D eigenvalue weighted by Gasteiger charge is -2.13. The van der Waals surface area contributed by atoms with Gasteiger partial charge in [-0.3, -0.25) is 0 Å². The third kappa shape index (κ3) is 3.18. The third-order valence-electron chi connectivity index (χ3n) is 3.70. The zero-order chi connectivity index (χ0) is 18.7. The van der Waals surface area contributed by atoms with Crippen LogP contribution >= 0.6 is 0 Å². The number of hydrogen-bond donors (Lipinski definition) is 2. The number of aromatic nitrogens is 3. The van der Waals surface area contributed by atoms with Crippen LogP contribution in [0.2, 0.25) is 0 Å². The lowest BCUT2D eigenvalue weighted by Crippen LogP contribution is -2.35. The molecule has 2 N–H and O–H groups in total. The van der Waals surface area contributed by atoms with Crippen molar-refractivity contribution in [1.29, 1.82) is 5.26 Å². The first-order chi connectivity index (χ1) is 12.5. The van der Waals surface area contributed by atoms with Gasteiger partial charge in [0.25, 0.3) is 0 Å². The molecule has 8 heteroatoms. The number of allylic oxidation sites excluding steroid dienone is 1. The van der Waals surface area contributed by atoms with Crippen LogP contribution in [0.25, 0.3) is 16.6 Å². The van der Waals surface area contributed by atoms with Crippen LogP contribution in [0.4, 0.5) is 0 Å². The normalized spacial score (nSPS) is 12.9. The molecule has 26 heavy (non-hydrogen) atoms. The average Bonchev–Trinajstić information content (AvgIpc) is 3.06. The van der Waals surface area contributed by atoms with Gasteiger partial charge in [0.1, 0.15) is 11.6 Å². The summed E-state index contributed by atoms with van der Waals surface area (Å²) in [7, 11) is 0. The van der Waals surface area contributed by atoms with E-state index in [-0.39, 0.29) is 17.1 Å². The molecule has 8 nitrogen and oxygen atoms in total. The van der Waals surface area contributed by atoms with E-state index in [2.05, 4.69) is 9.97 Å². The van der Waals surface area contributed by atoms with Crippen molar-refractivity contribution < 1.29 is 19.4 Å². The number of para-hydroxylation sites is 2. The quantitative estimate of drug-likeness (QED) is 0.244. The zero-order valence-electron chi connectivity index (χ0n) is 13.7. The number of nitrogens with zero attached hydrogens (tertiary/aromatic N) is 3. The molecule has 0 spiro atoms. The van der Waals surface area contributed by atoms with Gasteiger partial charge in [-0.15, -0.1) is 0 Å². The Morgan fingerprint density at radius 2 is 2.08 bits per heavy atom. The fraction of sp³-hybridized carbons (Fsp3) is 0.111. The molecule has 0 saturated carbocycles. The highest BCUT2D eigenvalue weighted by Gasteiger charge is 2.25. The van der Waals surface area contributed by atoms with Gasteiger partial charge >= 0.3 is 11.7 Å². The number of H-pyrrole nitrogens is 1. The van der Waals surface area contributed by atoms with Gasteiger partial charge in [0.15, 0.2) is 23.9 Å². The predicted molar refractivity (Wildman–Crippen MR) is 91.5 cm³/mol. The lowest BCUT2D eigenvalue weighted by molar-refractivity contribution is -0.608. The Hall–Kier alpha value is -3.86. The third-order valence-corrected chi connectivity index (χ3v) is 3.70. The van der Waals surface area contributed by atoms with Gasteiger partial charge in [-0.05, 0) is 25.1 Å². The molecule has 0 unspecified atom stereocenters. The summed E-state index contributed by atoms with van der Waals surface area (Å²) in [5.41, 5.74) is 0.952. The fourth-order valence-electron chi connectivity index (χ4n) is 2.37. The molecule has 0 radical (unpaired) electrons. The van der Waals surface area contributed by atoms with Crippen LogP contribution in [0.5, 0.6) is 0 Å². The molecule has 0 aliphatic carbocycles. The van der Waals surface area contributed by atoms with E-state index >= 15 is 0 Å². The number of benzene rings is 1. The van der Waals surface area contributed by atoms with E-state index < -0.39 is 17.8 Å². The van der Waals surface area contributed by atoms with Crippen LogP contribution in [-0.4, -0.2) is 27.1 Å². The van der Waals surface area contributed by atoms with Crippen LogP contribution in [0.3, 0.4) is 0 Å². The van der Waals surface area contributed by atoms with E-state index in [4.69, 9.17) is 4.74 Å². The highest BCUT2D eigenvalue weighted by molar-refractivity contribution is 5.86. The number of pyridine rings is 1. The number of nitrogens with one attached hydrogen (secondary N) is 1. The summed E-state index contributed by atoms with van der Waals surface area (Å²) < 4.78 is 5.46. The van der Waals surface area contributed by atoms with Crippen LogP contribution in [0, 0.1) is 16.5 Å². The molecule has 1 aromatic carbocycles. The first-order valence-electron chi connectivity index (χ1n) is 7.68. The number of esters is 1. The summed E-state index contributed by atoms with van der Waals surface area (Å²) in [6.45, 7) is 1.39. The Morgan fingerprint density at radius 1 is 1.35 bits per heavy atom. The highest BCUT2D eigenvalue weighted by Crippen LogP contribution is 2.21. The van der Waals surface area contributed by atoms with E-state index in [1.165, 1.54) is 25.1 Å². The van der Waals surface area contributed by atoms with Crippen molar-refractivity contribution in [3.63, 3.8) is 0 Å². The molecular formula is C18H14N4O4. The number of aliphatic hydroxyl groups excluding tert-OH is 1. The average molecular weight is 350 g/mol. The van der Waals surface area contributed by atoms with Gasteiger partial charge in [-0.1, -0.05) is 12.1 Å². The van der Waals surface area contributed by atoms with Gasteiger partial charge in [0.2, 0.25) is 0 Å². The molecule has 0 bridgehead atoms. The van der Waals surface area contributed by atoms with Gasteiger partial charge in [0, 0.05) is 12.1 Å². The number of rotatable bonds is 4. The number of carbonyl (C=O) groups excluding carboxylic acids is 1. The maximum absolute atomic E-state index is 12.1. The van der Waals surface area contributed by atoms with Crippen molar-refractivity contribution >= 4 is 22.6 Å². The molecule has 1 atom stereocenters. The second-order valence-electron chi connectivity index (χ2n) is 5.43. The fourth-order valence-corrected chi connectivity index (χ4v) is 2.37. The summed E-state index contributed by atoms with van der Waals surface area (Å²) >= 11 is 0.